The fourth-order valence-corrected chi connectivity index (χ4v) is 2.39. The predicted octanol–water partition coefficient (Wildman–Crippen LogP) is 1.00. The zero-order valence-corrected chi connectivity index (χ0v) is 11.7. The van der Waals surface area contributed by atoms with Crippen molar-refractivity contribution in [2.24, 2.45) is 0 Å². The SMILES string of the molecule is O=C(O)[C@@H]1CN(C(=O)c2cccc(-c3ncc[nH]3)c2)CCO1. The number of amides is 1. The highest BCUT2D eigenvalue weighted by Crippen LogP contribution is 2.18. The predicted molar refractivity (Wildman–Crippen MR) is 77.3 cm³/mol. The average molecular weight is 301 g/mol. The highest BCUT2D eigenvalue weighted by Gasteiger charge is 2.29. The Morgan fingerprint density at radius 3 is 3.00 bits per heavy atom. The molecule has 1 aliphatic rings. The van der Waals surface area contributed by atoms with Crippen molar-refractivity contribution in [1.82, 2.24) is 14.9 Å². The Bertz CT molecular complexity index is 684. The number of imidazole rings is 1. The molecular formula is C15H15N3O4. The van der Waals surface area contributed by atoms with Gasteiger partial charge in [-0.3, -0.25) is 4.79 Å². The number of nitrogens with zero attached hydrogens (tertiary/aromatic N) is 2. The molecule has 7 nitrogen and oxygen atoms in total. The molecule has 114 valence electrons. The topological polar surface area (TPSA) is 95.5 Å². The molecular weight excluding hydrogens is 286 g/mol. The first-order valence-corrected chi connectivity index (χ1v) is 6.88. The summed E-state index contributed by atoms with van der Waals surface area (Å²) in [6.07, 6.45) is 2.39. The van der Waals surface area contributed by atoms with Gasteiger partial charge in [-0.25, -0.2) is 9.78 Å². The van der Waals surface area contributed by atoms with Gasteiger partial charge in [-0.05, 0) is 12.1 Å². The lowest BCUT2D eigenvalue weighted by molar-refractivity contribution is -0.154. The van der Waals surface area contributed by atoms with Crippen molar-refractivity contribution < 1.29 is 19.4 Å². The summed E-state index contributed by atoms with van der Waals surface area (Å²) in [6.45, 7) is 0.660. The van der Waals surface area contributed by atoms with E-state index >= 15 is 0 Å². The molecule has 3 rings (SSSR count). The van der Waals surface area contributed by atoms with E-state index in [-0.39, 0.29) is 19.1 Å². The number of benzene rings is 1. The molecule has 1 aromatic carbocycles. The summed E-state index contributed by atoms with van der Waals surface area (Å²) < 4.78 is 5.13. The van der Waals surface area contributed by atoms with E-state index in [1.54, 1.807) is 30.6 Å². The second-order valence-electron chi connectivity index (χ2n) is 4.97. The van der Waals surface area contributed by atoms with Crippen molar-refractivity contribution in [2.75, 3.05) is 19.7 Å². The Hall–Kier alpha value is -2.67. The van der Waals surface area contributed by atoms with E-state index in [1.807, 2.05) is 6.07 Å². The van der Waals surface area contributed by atoms with Crippen LogP contribution in [-0.4, -0.2) is 57.7 Å². The van der Waals surface area contributed by atoms with E-state index in [0.29, 0.717) is 17.9 Å². The van der Waals surface area contributed by atoms with E-state index in [9.17, 15) is 9.59 Å². The number of carboxylic acids is 1. The molecule has 0 bridgehead atoms. The molecule has 2 aromatic rings. The molecule has 2 heterocycles. The summed E-state index contributed by atoms with van der Waals surface area (Å²) in [7, 11) is 0. The van der Waals surface area contributed by atoms with Gasteiger partial charge >= 0.3 is 5.97 Å². The molecule has 2 N–H and O–H groups in total. The highest BCUT2D eigenvalue weighted by molar-refractivity contribution is 5.95. The molecule has 1 aromatic heterocycles. The number of nitrogens with one attached hydrogen (secondary N) is 1. The summed E-state index contributed by atoms with van der Waals surface area (Å²) >= 11 is 0. The molecule has 1 aliphatic heterocycles. The maximum Gasteiger partial charge on any atom is 0.334 e. The molecule has 0 aliphatic carbocycles. The van der Waals surface area contributed by atoms with Gasteiger partial charge in [-0.1, -0.05) is 12.1 Å². The van der Waals surface area contributed by atoms with Crippen LogP contribution < -0.4 is 0 Å². The minimum absolute atomic E-state index is 0.0547. The van der Waals surface area contributed by atoms with E-state index in [1.165, 1.54) is 4.90 Å². The van der Waals surface area contributed by atoms with Crippen molar-refractivity contribution in [2.45, 2.75) is 6.10 Å². The molecule has 1 atom stereocenters. The molecule has 1 amide bonds. The third kappa shape index (κ3) is 2.84. The lowest BCUT2D eigenvalue weighted by Crippen LogP contribution is -2.48. The number of H-pyrrole nitrogens is 1. The van der Waals surface area contributed by atoms with E-state index in [0.717, 1.165) is 5.56 Å². The number of hydrogen-bond donors (Lipinski definition) is 2. The van der Waals surface area contributed by atoms with Gasteiger partial charge in [0.2, 0.25) is 0 Å². The molecule has 0 radical (unpaired) electrons. The molecule has 7 heteroatoms. The molecule has 22 heavy (non-hydrogen) atoms. The van der Waals surface area contributed by atoms with Crippen LogP contribution in [-0.2, 0) is 9.53 Å². The number of ether oxygens (including phenoxy) is 1. The first kappa shape index (κ1) is 14.3. The maximum atomic E-state index is 12.5. The van der Waals surface area contributed by atoms with Gasteiger partial charge < -0.3 is 19.7 Å². The Balaban J connectivity index is 1.80. The second-order valence-corrected chi connectivity index (χ2v) is 4.97. The molecule has 0 spiro atoms. The normalized spacial score (nSPS) is 18.2. The smallest absolute Gasteiger partial charge is 0.334 e. The van der Waals surface area contributed by atoms with Crippen molar-refractivity contribution >= 4 is 11.9 Å². The van der Waals surface area contributed by atoms with Gasteiger partial charge in [0.1, 0.15) is 5.82 Å². The first-order chi connectivity index (χ1) is 10.6. The maximum absolute atomic E-state index is 12.5. The quantitative estimate of drug-likeness (QED) is 0.882. The van der Waals surface area contributed by atoms with Crippen LogP contribution in [0.25, 0.3) is 11.4 Å². The Kier molecular flexibility index (Phi) is 3.88. The van der Waals surface area contributed by atoms with E-state index in [4.69, 9.17) is 9.84 Å². The van der Waals surface area contributed by atoms with Gasteiger partial charge in [-0.2, -0.15) is 0 Å². The summed E-state index contributed by atoms with van der Waals surface area (Å²) in [5.74, 6) is -0.579. The van der Waals surface area contributed by atoms with Crippen molar-refractivity contribution in [3.63, 3.8) is 0 Å². The van der Waals surface area contributed by atoms with E-state index in [2.05, 4.69) is 9.97 Å². The third-order valence-electron chi connectivity index (χ3n) is 3.51. The van der Waals surface area contributed by atoms with Gasteiger partial charge in [-0.15, -0.1) is 0 Å². The van der Waals surface area contributed by atoms with Crippen LogP contribution in [0.4, 0.5) is 0 Å². The minimum Gasteiger partial charge on any atom is -0.479 e. The van der Waals surface area contributed by atoms with Crippen LogP contribution in [0.2, 0.25) is 0 Å². The minimum atomic E-state index is -1.05. The zero-order chi connectivity index (χ0) is 15.5. The van der Waals surface area contributed by atoms with E-state index < -0.39 is 12.1 Å². The van der Waals surface area contributed by atoms with Crippen LogP contribution in [0, 0.1) is 0 Å². The summed E-state index contributed by atoms with van der Waals surface area (Å²) in [4.78, 5) is 32.2. The number of carbonyl (C=O) groups is 2. The molecule has 1 saturated heterocycles. The largest absolute Gasteiger partial charge is 0.479 e. The van der Waals surface area contributed by atoms with Crippen LogP contribution in [0.1, 0.15) is 10.4 Å². The fourth-order valence-electron chi connectivity index (χ4n) is 2.39. The van der Waals surface area contributed by atoms with Crippen LogP contribution in [0.3, 0.4) is 0 Å². The number of aliphatic carboxylic acids is 1. The fraction of sp³-hybridized carbons (Fsp3) is 0.267. The lowest BCUT2D eigenvalue weighted by Gasteiger charge is -2.31. The number of morpholine rings is 1. The number of carboxylic acid groups (broad SMARTS) is 1. The van der Waals surface area contributed by atoms with Crippen LogP contribution in [0.15, 0.2) is 36.7 Å². The number of aromatic amines is 1. The Morgan fingerprint density at radius 2 is 2.27 bits per heavy atom. The van der Waals surface area contributed by atoms with Crippen molar-refractivity contribution in [3.05, 3.63) is 42.2 Å². The lowest BCUT2D eigenvalue weighted by atomic mass is 10.1. The van der Waals surface area contributed by atoms with Gasteiger partial charge in [0, 0.05) is 30.1 Å². The summed E-state index contributed by atoms with van der Waals surface area (Å²) in [6, 6.07) is 7.08. The first-order valence-electron chi connectivity index (χ1n) is 6.88. The monoisotopic (exact) mass is 301 g/mol. The van der Waals surface area contributed by atoms with Crippen molar-refractivity contribution in [3.8, 4) is 11.4 Å². The molecule has 0 unspecified atom stereocenters. The number of aromatic nitrogens is 2. The summed E-state index contributed by atoms with van der Waals surface area (Å²) in [5, 5.41) is 9.00. The standard InChI is InChI=1S/C15H15N3O4/c19-14(18-6-7-22-12(9-18)15(20)21)11-3-1-2-10(8-11)13-16-4-5-17-13/h1-5,8,12H,6-7,9H2,(H,16,17)(H,20,21)/t12-/m0/s1. The second kappa shape index (κ2) is 5.98. The average Bonchev–Trinajstić information content (AvgIpc) is 3.09. The van der Waals surface area contributed by atoms with Gasteiger partial charge in [0.25, 0.3) is 5.91 Å². The molecule has 0 saturated carbocycles. The number of rotatable bonds is 3. The van der Waals surface area contributed by atoms with Gasteiger partial charge in [0.05, 0.1) is 13.2 Å². The Labute approximate surface area is 126 Å². The van der Waals surface area contributed by atoms with Crippen molar-refractivity contribution in [1.29, 1.82) is 0 Å². The number of hydrogen-bond acceptors (Lipinski definition) is 4. The highest BCUT2D eigenvalue weighted by atomic mass is 16.5. The zero-order valence-electron chi connectivity index (χ0n) is 11.7. The summed E-state index contributed by atoms with van der Waals surface area (Å²) in [5.41, 5.74) is 1.30. The number of carbonyl (C=O) groups excluding carboxylic acids is 1. The Morgan fingerprint density at radius 1 is 1.41 bits per heavy atom. The third-order valence-corrected chi connectivity index (χ3v) is 3.51. The van der Waals surface area contributed by atoms with Crippen LogP contribution >= 0.6 is 0 Å². The molecule has 1 fully saturated rings. The van der Waals surface area contributed by atoms with Crippen LogP contribution in [0.5, 0.6) is 0 Å². The van der Waals surface area contributed by atoms with Gasteiger partial charge in [0.15, 0.2) is 6.10 Å².